The molecule has 0 bridgehead atoms. The van der Waals surface area contributed by atoms with Crippen LogP contribution in [0.1, 0.15) is 46.0 Å². The number of rotatable bonds is 8. The van der Waals surface area contributed by atoms with Crippen LogP contribution in [0.5, 0.6) is 0 Å². The van der Waals surface area contributed by atoms with E-state index in [1.54, 1.807) is 0 Å². The number of hydrogen-bond donors (Lipinski definition) is 2. The van der Waals surface area contributed by atoms with E-state index in [1.807, 2.05) is 0 Å². The van der Waals surface area contributed by atoms with E-state index < -0.39 is 0 Å². The van der Waals surface area contributed by atoms with Crippen LogP contribution in [0.25, 0.3) is 0 Å². The average molecular weight is 242 g/mol. The molecule has 0 aliphatic heterocycles. The number of aliphatic hydroxyl groups excluding tert-OH is 1. The summed E-state index contributed by atoms with van der Waals surface area (Å²) in [6.45, 7) is 7.95. The fourth-order valence-electron chi connectivity index (χ4n) is 3.28. The molecule has 17 heavy (non-hydrogen) atoms. The van der Waals surface area contributed by atoms with Gasteiger partial charge in [0.1, 0.15) is 0 Å². The molecule has 0 aromatic heterocycles. The second-order valence-electron chi connectivity index (χ2n) is 5.53. The number of likely N-dealkylation sites (N-methyl/N-ethyl adjacent to an activating group) is 1. The first-order chi connectivity index (χ1) is 8.18. The maximum absolute atomic E-state index is 9.71. The lowest BCUT2D eigenvalue weighted by Gasteiger charge is -2.35. The van der Waals surface area contributed by atoms with E-state index in [0.29, 0.717) is 12.5 Å². The van der Waals surface area contributed by atoms with Gasteiger partial charge in [-0.1, -0.05) is 20.3 Å². The van der Waals surface area contributed by atoms with Crippen molar-refractivity contribution in [2.75, 3.05) is 33.3 Å². The van der Waals surface area contributed by atoms with Crippen LogP contribution in [-0.2, 0) is 0 Å². The van der Waals surface area contributed by atoms with E-state index in [9.17, 15) is 5.11 Å². The first-order valence-corrected chi connectivity index (χ1v) is 7.23. The van der Waals surface area contributed by atoms with Crippen LogP contribution in [0, 0.1) is 5.92 Å². The number of nitrogens with zero attached hydrogens (tertiary/aromatic N) is 1. The predicted molar refractivity (Wildman–Crippen MR) is 73.2 cm³/mol. The van der Waals surface area contributed by atoms with Crippen LogP contribution in [0.3, 0.4) is 0 Å². The molecule has 0 spiro atoms. The van der Waals surface area contributed by atoms with Crippen molar-refractivity contribution in [1.82, 2.24) is 10.2 Å². The normalized spacial score (nSPS) is 29.1. The Morgan fingerprint density at radius 3 is 2.71 bits per heavy atom. The number of hydrogen-bond acceptors (Lipinski definition) is 3. The summed E-state index contributed by atoms with van der Waals surface area (Å²) >= 11 is 0. The third-order valence-corrected chi connectivity index (χ3v) is 4.23. The van der Waals surface area contributed by atoms with Crippen molar-refractivity contribution in [3.8, 4) is 0 Å². The van der Waals surface area contributed by atoms with Crippen molar-refractivity contribution < 1.29 is 5.11 Å². The third kappa shape index (κ3) is 3.94. The zero-order valence-corrected chi connectivity index (χ0v) is 11.8. The van der Waals surface area contributed by atoms with Crippen molar-refractivity contribution in [3.63, 3.8) is 0 Å². The largest absolute Gasteiger partial charge is 0.394 e. The van der Waals surface area contributed by atoms with Crippen molar-refractivity contribution in [2.24, 2.45) is 5.92 Å². The van der Waals surface area contributed by atoms with Gasteiger partial charge in [-0.3, -0.25) is 0 Å². The zero-order valence-electron chi connectivity index (χ0n) is 11.8. The highest BCUT2D eigenvalue weighted by Crippen LogP contribution is 2.37. The van der Waals surface area contributed by atoms with Gasteiger partial charge in [0.15, 0.2) is 0 Å². The van der Waals surface area contributed by atoms with Gasteiger partial charge in [0, 0.05) is 5.54 Å². The summed E-state index contributed by atoms with van der Waals surface area (Å²) in [5.74, 6) is 0.645. The van der Waals surface area contributed by atoms with Crippen molar-refractivity contribution in [1.29, 1.82) is 0 Å². The minimum Gasteiger partial charge on any atom is -0.394 e. The average Bonchev–Trinajstić information content (AvgIpc) is 2.71. The topological polar surface area (TPSA) is 35.5 Å². The van der Waals surface area contributed by atoms with E-state index in [1.165, 1.54) is 32.2 Å². The second-order valence-corrected chi connectivity index (χ2v) is 5.53. The highest BCUT2D eigenvalue weighted by Gasteiger charge is 2.41. The van der Waals surface area contributed by atoms with Gasteiger partial charge in [-0.25, -0.2) is 0 Å². The minimum atomic E-state index is 0.0157. The lowest BCUT2D eigenvalue weighted by Crippen LogP contribution is -2.51. The van der Waals surface area contributed by atoms with Gasteiger partial charge in [-0.05, 0) is 58.3 Å². The Bertz CT molecular complexity index is 210. The van der Waals surface area contributed by atoms with Gasteiger partial charge in [-0.2, -0.15) is 0 Å². The summed E-state index contributed by atoms with van der Waals surface area (Å²) in [7, 11) is 2.20. The molecule has 0 radical (unpaired) electrons. The van der Waals surface area contributed by atoms with Crippen LogP contribution in [0.15, 0.2) is 0 Å². The lowest BCUT2D eigenvalue weighted by atomic mass is 9.85. The van der Waals surface area contributed by atoms with Crippen molar-refractivity contribution in [2.45, 2.75) is 51.5 Å². The van der Waals surface area contributed by atoms with Gasteiger partial charge in [0.2, 0.25) is 0 Å². The highest BCUT2D eigenvalue weighted by molar-refractivity contribution is 4.98. The third-order valence-electron chi connectivity index (χ3n) is 4.23. The first-order valence-electron chi connectivity index (χ1n) is 7.23. The Labute approximate surface area is 107 Å². The van der Waals surface area contributed by atoms with Crippen LogP contribution in [0.4, 0.5) is 0 Å². The maximum Gasteiger partial charge on any atom is 0.0616 e. The summed E-state index contributed by atoms with van der Waals surface area (Å²) in [5.41, 5.74) is 0.0157. The molecule has 3 heteroatoms. The molecule has 0 heterocycles. The molecular formula is C14H30N2O. The van der Waals surface area contributed by atoms with E-state index in [2.05, 4.69) is 31.1 Å². The quantitative estimate of drug-likeness (QED) is 0.682. The summed E-state index contributed by atoms with van der Waals surface area (Å²) in [4.78, 5) is 2.41. The number of aliphatic hydroxyl groups is 1. The Kier molecular flexibility index (Phi) is 6.45. The molecule has 1 fully saturated rings. The molecule has 1 saturated carbocycles. The molecule has 3 nitrogen and oxygen atoms in total. The summed E-state index contributed by atoms with van der Waals surface area (Å²) in [6.07, 6.45) is 6.10. The molecule has 1 aliphatic rings. The molecule has 1 rings (SSSR count). The van der Waals surface area contributed by atoms with Crippen LogP contribution < -0.4 is 5.32 Å². The van der Waals surface area contributed by atoms with E-state index >= 15 is 0 Å². The fourth-order valence-corrected chi connectivity index (χ4v) is 3.28. The fraction of sp³-hybridized carbons (Fsp3) is 1.00. The van der Waals surface area contributed by atoms with E-state index in [0.717, 1.165) is 19.5 Å². The van der Waals surface area contributed by atoms with E-state index in [4.69, 9.17) is 0 Å². The first kappa shape index (κ1) is 14.9. The molecular weight excluding hydrogens is 212 g/mol. The van der Waals surface area contributed by atoms with Crippen molar-refractivity contribution >= 4 is 0 Å². The van der Waals surface area contributed by atoms with Crippen LogP contribution in [-0.4, -0.2) is 48.8 Å². The molecule has 1 aliphatic carbocycles. The Morgan fingerprint density at radius 2 is 2.12 bits per heavy atom. The molecule has 102 valence electrons. The smallest absolute Gasteiger partial charge is 0.0616 e. The van der Waals surface area contributed by atoms with Crippen LogP contribution >= 0.6 is 0 Å². The Morgan fingerprint density at radius 1 is 1.35 bits per heavy atom. The zero-order chi connectivity index (χ0) is 12.7. The second kappa shape index (κ2) is 7.34. The molecule has 2 unspecified atom stereocenters. The van der Waals surface area contributed by atoms with Gasteiger partial charge < -0.3 is 15.3 Å². The Hall–Kier alpha value is -0.120. The number of nitrogens with one attached hydrogen (secondary N) is 1. The molecule has 0 aromatic carbocycles. The SMILES string of the molecule is CCCN(C)CCC1CCCC1(CO)NCC. The van der Waals surface area contributed by atoms with Gasteiger partial charge in [-0.15, -0.1) is 0 Å². The molecule has 0 aromatic rings. The van der Waals surface area contributed by atoms with Gasteiger partial charge in [0.25, 0.3) is 0 Å². The lowest BCUT2D eigenvalue weighted by molar-refractivity contribution is 0.115. The van der Waals surface area contributed by atoms with Gasteiger partial charge >= 0.3 is 0 Å². The minimum absolute atomic E-state index is 0.0157. The van der Waals surface area contributed by atoms with Gasteiger partial charge in [0.05, 0.1) is 6.61 Å². The summed E-state index contributed by atoms with van der Waals surface area (Å²) < 4.78 is 0. The van der Waals surface area contributed by atoms with E-state index in [-0.39, 0.29) is 5.54 Å². The molecule has 2 atom stereocenters. The monoisotopic (exact) mass is 242 g/mol. The summed E-state index contributed by atoms with van der Waals surface area (Å²) in [5, 5.41) is 13.3. The van der Waals surface area contributed by atoms with Crippen molar-refractivity contribution in [3.05, 3.63) is 0 Å². The maximum atomic E-state index is 9.71. The molecule has 2 N–H and O–H groups in total. The van der Waals surface area contributed by atoms with Crippen LogP contribution in [0.2, 0.25) is 0 Å². The predicted octanol–water partition coefficient (Wildman–Crippen LogP) is 1.86. The highest BCUT2D eigenvalue weighted by atomic mass is 16.3. The molecule has 0 amide bonds. The molecule has 0 saturated heterocycles. The Balaban J connectivity index is 2.45. The summed E-state index contributed by atoms with van der Waals surface area (Å²) in [6, 6.07) is 0. The standard InChI is InChI=1S/C14H30N2O/c1-4-10-16(3)11-8-13-7-6-9-14(13,12-17)15-5-2/h13,15,17H,4-12H2,1-3H3.